The van der Waals surface area contributed by atoms with Crippen LogP contribution in [0.2, 0.25) is 0 Å². The summed E-state index contributed by atoms with van der Waals surface area (Å²) in [6, 6.07) is -0.646. The van der Waals surface area contributed by atoms with Crippen LogP contribution >= 0.6 is 11.3 Å². The lowest BCUT2D eigenvalue weighted by atomic mass is 10.0. The van der Waals surface area contributed by atoms with Gasteiger partial charge in [-0.25, -0.2) is 4.98 Å². The van der Waals surface area contributed by atoms with Crippen LogP contribution in [0, 0.1) is 5.92 Å². The number of hydrogen-bond donors (Lipinski definition) is 1. The van der Waals surface area contributed by atoms with E-state index in [-0.39, 0.29) is 30.2 Å². The number of aromatic nitrogens is 1. The standard InChI is InChI=1S/C13H21N3O2S/c1-8(2)11(14)13(18)16(9(3)4)7-10(17)12-15-5-6-19-12/h5-6,8-9,11H,7,14H2,1-4H3. The summed E-state index contributed by atoms with van der Waals surface area (Å²) in [5.74, 6) is -0.286. The number of carbonyl (C=O) groups is 2. The van der Waals surface area contributed by atoms with Crippen molar-refractivity contribution in [2.45, 2.75) is 39.8 Å². The Balaban J connectivity index is 2.79. The third-order valence-electron chi connectivity index (χ3n) is 2.89. The average molecular weight is 283 g/mol. The molecule has 1 aromatic heterocycles. The maximum Gasteiger partial charge on any atom is 0.240 e. The molecule has 0 aliphatic heterocycles. The number of carbonyl (C=O) groups excluding carboxylic acids is 2. The first-order valence-electron chi connectivity index (χ1n) is 6.33. The maximum atomic E-state index is 12.3. The highest BCUT2D eigenvalue weighted by Crippen LogP contribution is 2.11. The lowest BCUT2D eigenvalue weighted by molar-refractivity contribution is -0.134. The molecule has 0 fully saturated rings. The smallest absolute Gasteiger partial charge is 0.240 e. The zero-order valence-electron chi connectivity index (χ0n) is 11.8. The highest BCUT2D eigenvalue weighted by Gasteiger charge is 2.27. The molecule has 0 aromatic carbocycles. The third kappa shape index (κ3) is 4.11. The van der Waals surface area contributed by atoms with Gasteiger partial charge in [-0.2, -0.15) is 0 Å². The summed E-state index contributed by atoms with van der Waals surface area (Å²) in [5, 5.41) is 2.17. The molecule has 6 heteroatoms. The summed E-state index contributed by atoms with van der Waals surface area (Å²) in [7, 11) is 0. The largest absolute Gasteiger partial charge is 0.331 e. The van der Waals surface area contributed by atoms with Crippen molar-refractivity contribution in [3.8, 4) is 0 Å². The molecule has 0 spiro atoms. The van der Waals surface area contributed by atoms with Gasteiger partial charge in [0.15, 0.2) is 5.01 Å². The van der Waals surface area contributed by atoms with Crippen molar-refractivity contribution in [3.05, 3.63) is 16.6 Å². The number of nitrogens with zero attached hydrogens (tertiary/aromatic N) is 2. The molecule has 1 unspecified atom stereocenters. The van der Waals surface area contributed by atoms with E-state index in [1.54, 1.807) is 11.6 Å². The number of hydrogen-bond acceptors (Lipinski definition) is 5. The first-order valence-corrected chi connectivity index (χ1v) is 7.21. The SMILES string of the molecule is CC(C)C(N)C(=O)N(CC(=O)c1nccs1)C(C)C. The Morgan fingerprint density at radius 1 is 1.37 bits per heavy atom. The third-order valence-corrected chi connectivity index (χ3v) is 3.71. The van der Waals surface area contributed by atoms with Gasteiger partial charge in [0.2, 0.25) is 11.7 Å². The van der Waals surface area contributed by atoms with Crippen molar-refractivity contribution in [1.29, 1.82) is 0 Å². The van der Waals surface area contributed by atoms with Crippen LogP contribution in [-0.4, -0.2) is 40.2 Å². The molecular formula is C13H21N3O2S. The minimum Gasteiger partial charge on any atom is -0.331 e. The minimum atomic E-state index is -0.577. The molecule has 0 saturated carbocycles. The summed E-state index contributed by atoms with van der Waals surface area (Å²) in [6.45, 7) is 7.57. The monoisotopic (exact) mass is 283 g/mol. The molecule has 0 radical (unpaired) electrons. The normalized spacial score (nSPS) is 12.8. The van der Waals surface area contributed by atoms with Crippen LogP contribution in [0.25, 0.3) is 0 Å². The Kier molecular flexibility index (Phi) is 5.62. The van der Waals surface area contributed by atoms with Gasteiger partial charge >= 0.3 is 0 Å². The predicted octanol–water partition coefficient (Wildman–Crippen LogP) is 1.55. The van der Waals surface area contributed by atoms with Crippen molar-refractivity contribution in [2.75, 3.05) is 6.54 Å². The van der Waals surface area contributed by atoms with Crippen molar-refractivity contribution in [2.24, 2.45) is 11.7 Å². The Labute approximate surface area is 117 Å². The molecule has 0 bridgehead atoms. The van der Waals surface area contributed by atoms with E-state index in [9.17, 15) is 9.59 Å². The Hall–Kier alpha value is -1.27. The van der Waals surface area contributed by atoms with Gasteiger partial charge in [0, 0.05) is 17.6 Å². The van der Waals surface area contributed by atoms with Gasteiger partial charge in [-0.05, 0) is 19.8 Å². The quantitative estimate of drug-likeness (QED) is 0.804. The number of amides is 1. The molecule has 0 saturated heterocycles. The molecule has 106 valence electrons. The van der Waals surface area contributed by atoms with Crippen molar-refractivity contribution in [3.63, 3.8) is 0 Å². The zero-order valence-corrected chi connectivity index (χ0v) is 12.6. The number of ketones is 1. The fourth-order valence-electron chi connectivity index (χ4n) is 1.58. The fourth-order valence-corrected chi connectivity index (χ4v) is 2.14. The van der Waals surface area contributed by atoms with E-state index in [2.05, 4.69) is 4.98 Å². The molecule has 19 heavy (non-hydrogen) atoms. The Morgan fingerprint density at radius 3 is 2.42 bits per heavy atom. The number of Topliss-reactive ketones (excluding diaryl/α,β-unsaturated/α-hetero) is 1. The second-order valence-electron chi connectivity index (χ2n) is 5.09. The molecule has 0 aliphatic carbocycles. The summed E-state index contributed by atoms with van der Waals surface area (Å²) in [5.41, 5.74) is 5.88. The molecule has 1 aromatic rings. The molecule has 1 amide bonds. The number of rotatable bonds is 6. The summed E-state index contributed by atoms with van der Waals surface area (Å²) < 4.78 is 0. The number of thiazole rings is 1. The minimum absolute atomic E-state index is 0.0322. The van der Waals surface area contributed by atoms with Gasteiger partial charge in [-0.3, -0.25) is 9.59 Å². The lowest BCUT2D eigenvalue weighted by Gasteiger charge is -2.29. The molecule has 2 N–H and O–H groups in total. The molecule has 5 nitrogen and oxygen atoms in total. The van der Waals surface area contributed by atoms with Crippen LogP contribution in [0.3, 0.4) is 0 Å². The summed E-state index contributed by atoms with van der Waals surface area (Å²) in [4.78, 5) is 29.8. The zero-order chi connectivity index (χ0) is 14.6. The van der Waals surface area contributed by atoms with Gasteiger partial charge in [0.1, 0.15) is 0 Å². The van der Waals surface area contributed by atoms with Crippen LogP contribution in [0.1, 0.15) is 37.5 Å². The van der Waals surface area contributed by atoms with E-state index in [1.807, 2.05) is 27.7 Å². The summed E-state index contributed by atoms with van der Waals surface area (Å²) in [6.07, 6.45) is 1.58. The topological polar surface area (TPSA) is 76.3 Å². The van der Waals surface area contributed by atoms with Crippen LogP contribution in [0.4, 0.5) is 0 Å². The molecule has 1 heterocycles. The van der Waals surface area contributed by atoms with E-state index in [0.29, 0.717) is 5.01 Å². The van der Waals surface area contributed by atoms with Gasteiger partial charge in [-0.1, -0.05) is 13.8 Å². The van der Waals surface area contributed by atoms with Gasteiger partial charge in [-0.15, -0.1) is 11.3 Å². The van der Waals surface area contributed by atoms with Crippen LogP contribution in [0.15, 0.2) is 11.6 Å². The molecular weight excluding hydrogens is 262 g/mol. The van der Waals surface area contributed by atoms with E-state index in [0.717, 1.165) is 0 Å². The highest BCUT2D eigenvalue weighted by atomic mass is 32.1. The first-order chi connectivity index (χ1) is 8.84. The van der Waals surface area contributed by atoms with Crippen molar-refractivity contribution >= 4 is 23.0 Å². The highest BCUT2D eigenvalue weighted by molar-refractivity contribution is 7.11. The molecule has 1 atom stereocenters. The van der Waals surface area contributed by atoms with Gasteiger partial charge < -0.3 is 10.6 Å². The Bertz CT molecular complexity index is 429. The molecule has 1 rings (SSSR count). The summed E-state index contributed by atoms with van der Waals surface area (Å²) >= 11 is 1.28. The van der Waals surface area contributed by atoms with Crippen molar-refractivity contribution < 1.29 is 9.59 Å². The van der Waals surface area contributed by atoms with E-state index < -0.39 is 6.04 Å². The maximum absolute atomic E-state index is 12.3. The Morgan fingerprint density at radius 2 is 2.00 bits per heavy atom. The second kappa shape index (κ2) is 6.77. The van der Waals surface area contributed by atoms with E-state index >= 15 is 0 Å². The fraction of sp³-hybridized carbons (Fsp3) is 0.615. The molecule has 0 aliphatic rings. The van der Waals surface area contributed by atoms with Crippen LogP contribution < -0.4 is 5.73 Å². The van der Waals surface area contributed by atoms with Gasteiger partial charge in [0.25, 0.3) is 0 Å². The average Bonchev–Trinajstić information content (AvgIpc) is 2.87. The van der Waals surface area contributed by atoms with Crippen LogP contribution in [0.5, 0.6) is 0 Å². The predicted molar refractivity (Wildman–Crippen MR) is 76.1 cm³/mol. The lowest BCUT2D eigenvalue weighted by Crippen LogP contribution is -2.50. The van der Waals surface area contributed by atoms with E-state index in [1.165, 1.54) is 16.2 Å². The second-order valence-corrected chi connectivity index (χ2v) is 5.98. The number of nitrogens with two attached hydrogens (primary N) is 1. The van der Waals surface area contributed by atoms with Gasteiger partial charge in [0.05, 0.1) is 12.6 Å². The van der Waals surface area contributed by atoms with E-state index in [4.69, 9.17) is 5.73 Å². The van der Waals surface area contributed by atoms with Crippen molar-refractivity contribution in [1.82, 2.24) is 9.88 Å². The first kappa shape index (κ1) is 15.8. The van der Waals surface area contributed by atoms with Crippen LogP contribution in [-0.2, 0) is 4.79 Å².